The minimum atomic E-state index is -0.626. The summed E-state index contributed by atoms with van der Waals surface area (Å²) in [6.07, 6.45) is 11.8. The lowest BCUT2D eigenvalue weighted by Gasteiger charge is -2.22. The molecule has 0 atom stereocenters. The molecule has 0 aromatic carbocycles. The number of amides is 4. The van der Waals surface area contributed by atoms with Gasteiger partial charge in [-0.05, 0) is 25.2 Å². The minimum Gasteiger partial charge on any atom is -0.321 e. The molecule has 30 heavy (non-hydrogen) atoms. The second kappa shape index (κ2) is 12.5. The Labute approximate surface area is 180 Å². The standard InChI is InChI=1S/C23H37N3O4/c1-3-5-8-14-19(27)24-21-18(16-17-12-10-7-11-13-17)22(29)26(23(21)30)25-20(28)15-9-6-4-2/h17H,3-16H2,1-2H3,(H,24,27)(H,25,28). The van der Waals surface area contributed by atoms with E-state index in [1.165, 1.54) is 6.42 Å². The normalized spacial score (nSPS) is 17.6. The summed E-state index contributed by atoms with van der Waals surface area (Å²) in [7, 11) is 0. The highest BCUT2D eigenvalue weighted by molar-refractivity contribution is 6.20. The number of nitrogens with one attached hydrogen (secondary N) is 2. The van der Waals surface area contributed by atoms with Gasteiger partial charge in [0.25, 0.3) is 11.8 Å². The molecule has 2 N–H and O–H groups in total. The number of unbranched alkanes of at least 4 members (excludes halogenated alkanes) is 4. The molecule has 7 heteroatoms. The summed E-state index contributed by atoms with van der Waals surface area (Å²) in [5, 5.41) is 3.49. The first kappa shape index (κ1) is 24.1. The fourth-order valence-electron chi connectivity index (χ4n) is 4.13. The maximum absolute atomic E-state index is 13.0. The van der Waals surface area contributed by atoms with Gasteiger partial charge >= 0.3 is 0 Å². The SMILES string of the molecule is CCCCCC(=O)NC1=C(CC2CCCCC2)C(=O)N(NC(=O)CCCCC)C1=O. The van der Waals surface area contributed by atoms with Crippen molar-refractivity contribution in [3.05, 3.63) is 11.3 Å². The predicted molar refractivity (Wildman–Crippen MR) is 115 cm³/mol. The third kappa shape index (κ3) is 6.96. The molecule has 4 amide bonds. The molecule has 1 saturated carbocycles. The lowest BCUT2D eigenvalue weighted by molar-refractivity contribution is -0.147. The molecule has 7 nitrogen and oxygen atoms in total. The molecule has 1 aliphatic carbocycles. The van der Waals surface area contributed by atoms with Crippen LogP contribution in [0.4, 0.5) is 0 Å². The molecule has 0 unspecified atom stereocenters. The summed E-state index contributed by atoms with van der Waals surface area (Å²) >= 11 is 0. The Morgan fingerprint density at radius 1 is 0.867 bits per heavy atom. The Balaban J connectivity index is 2.10. The molecule has 0 saturated heterocycles. The van der Waals surface area contributed by atoms with Gasteiger partial charge in [0.2, 0.25) is 11.8 Å². The van der Waals surface area contributed by atoms with Gasteiger partial charge in [-0.3, -0.25) is 24.6 Å². The summed E-state index contributed by atoms with van der Waals surface area (Å²) in [5.41, 5.74) is 2.86. The van der Waals surface area contributed by atoms with Gasteiger partial charge in [-0.15, -0.1) is 0 Å². The number of carbonyl (C=O) groups is 4. The average molecular weight is 420 g/mol. The first-order chi connectivity index (χ1) is 14.5. The summed E-state index contributed by atoms with van der Waals surface area (Å²) in [4.78, 5) is 50.5. The molecule has 2 aliphatic rings. The lowest BCUT2D eigenvalue weighted by Crippen LogP contribution is -2.47. The van der Waals surface area contributed by atoms with Crippen molar-refractivity contribution in [1.82, 2.24) is 15.8 Å². The van der Waals surface area contributed by atoms with Crippen molar-refractivity contribution in [3.8, 4) is 0 Å². The number of rotatable bonds is 12. The van der Waals surface area contributed by atoms with Crippen molar-refractivity contribution in [2.24, 2.45) is 5.92 Å². The van der Waals surface area contributed by atoms with E-state index in [2.05, 4.69) is 17.7 Å². The van der Waals surface area contributed by atoms with Crippen LogP contribution in [0, 0.1) is 5.92 Å². The van der Waals surface area contributed by atoms with Crippen LogP contribution >= 0.6 is 0 Å². The van der Waals surface area contributed by atoms with Gasteiger partial charge in [0.15, 0.2) is 0 Å². The number of nitrogens with zero attached hydrogens (tertiary/aromatic N) is 1. The monoisotopic (exact) mass is 419 g/mol. The molecule has 1 heterocycles. The Bertz CT molecular complexity index is 665. The number of hydrogen-bond acceptors (Lipinski definition) is 4. The Hall–Kier alpha value is -2.18. The van der Waals surface area contributed by atoms with Crippen molar-refractivity contribution in [1.29, 1.82) is 0 Å². The van der Waals surface area contributed by atoms with E-state index < -0.39 is 11.8 Å². The highest BCUT2D eigenvalue weighted by Gasteiger charge is 2.41. The van der Waals surface area contributed by atoms with E-state index in [9.17, 15) is 19.2 Å². The van der Waals surface area contributed by atoms with Gasteiger partial charge in [-0.2, -0.15) is 5.01 Å². The van der Waals surface area contributed by atoms with E-state index in [-0.39, 0.29) is 23.9 Å². The van der Waals surface area contributed by atoms with Crippen LogP contribution in [0.2, 0.25) is 0 Å². The van der Waals surface area contributed by atoms with Crippen molar-refractivity contribution >= 4 is 23.6 Å². The van der Waals surface area contributed by atoms with Crippen LogP contribution in [0.1, 0.15) is 104 Å². The highest BCUT2D eigenvalue weighted by atomic mass is 16.2. The Morgan fingerprint density at radius 3 is 2.07 bits per heavy atom. The zero-order chi connectivity index (χ0) is 21.9. The fourth-order valence-corrected chi connectivity index (χ4v) is 4.13. The molecule has 168 valence electrons. The molecular formula is C23H37N3O4. The minimum absolute atomic E-state index is 0.0564. The highest BCUT2D eigenvalue weighted by Crippen LogP contribution is 2.32. The summed E-state index contributed by atoms with van der Waals surface area (Å²) in [6.45, 7) is 4.10. The number of imide groups is 1. The predicted octanol–water partition coefficient (Wildman–Crippen LogP) is 3.89. The Kier molecular flexibility index (Phi) is 10.0. The van der Waals surface area contributed by atoms with Gasteiger partial charge < -0.3 is 5.32 Å². The number of hydrazine groups is 1. The topological polar surface area (TPSA) is 95.6 Å². The van der Waals surface area contributed by atoms with Gasteiger partial charge in [0.1, 0.15) is 5.70 Å². The second-order valence-corrected chi connectivity index (χ2v) is 8.50. The molecule has 0 aromatic rings. The van der Waals surface area contributed by atoms with Crippen LogP contribution in [0.5, 0.6) is 0 Å². The van der Waals surface area contributed by atoms with Crippen LogP contribution in [0.15, 0.2) is 11.3 Å². The van der Waals surface area contributed by atoms with Gasteiger partial charge in [0, 0.05) is 18.4 Å². The maximum Gasteiger partial charge on any atom is 0.296 e. The molecule has 0 bridgehead atoms. The smallest absolute Gasteiger partial charge is 0.296 e. The van der Waals surface area contributed by atoms with Crippen LogP contribution < -0.4 is 10.7 Å². The van der Waals surface area contributed by atoms with E-state index >= 15 is 0 Å². The van der Waals surface area contributed by atoms with Crippen molar-refractivity contribution < 1.29 is 19.2 Å². The number of hydrogen-bond donors (Lipinski definition) is 2. The summed E-state index contributed by atoms with van der Waals surface area (Å²) < 4.78 is 0. The van der Waals surface area contributed by atoms with Gasteiger partial charge in [-0.1, -0.05) is 71.6 Å². The molecule has 0 aromatic heterocycles. The van der Waals surface area contributed by atoms with Gasteiger partial charge in [0.05, 0.1) is 0 Å². The van der Waals surface area contributed by atoms with Crippen molar-refractivity contribution in [3.63, 3.8) is 0 Å². The van der Waals surface area contributed by atoms with E-state index in [0.29, 0.717) is 30.8 Å². The Morgan fingerprint density at radius 2 is 1.47 bits per heavy atom. The second-order valence-electron chi connectivity index (χ2n) is 8.50. The largest absolute Gasteiger partial charge is 0.321 e. The average Bonchev–Trinajstić information content (AvgIpc) is 2.94. The third-order valence-electron chi connectivity index (χ3n) is 5.91. The number of carbonyl (C=O) groups excluding carboxylic acids is 4. The molecular weight excluding hydrogens is 382 g/mol. The van der Waals surface area contributed by atoms with E-state index in [0.717, 1.165) is 62.8 Å². The fraction of sp³-hybridized carbons (Fsp3) is 0.739. The first-order valence-electron chi connectivity index (χ1n) is 11.7. The van der Waals surface area contributed by atoms with Crippen LogP contribution in [0.3, 0.4) is 0 Å². The van der Waals surface area contributed by atoms with E-state index in [1.807, 2.05) is 6.92 Å². The first-order valence-corrected chi connectivity index (χ1v) is 11.7. The van der Waals surface area contributed by atoms with Crippen molar-refractivity contribution in [2.75, 3.05) is 0 Å². The van der Waals surface area contributed by atoms with Crippen molar-refractivity contribution in [2.45, 2.75) is 104 Å². The van der Waals surface area contributed by atoms with Crippen LogP contribution in [-0.2, 0) is 19.2 Å². The maximum atomic E-state index is 13.0. The lowest BCUT2D eigenvalue weighted by atomic mass is 9.84. The van der Waals surface area contributed by atoms with E-state index in [1.54, 1.807) is 0 Å². The molecule has 0 radical (unpaired) electrons. The zero-order valence-electron chi connectivity index (χ0n) is 18.6. The van der Waals surface area contributed by atoms with Crippen LogP contribution in [0.25, 0.3) is 0 Å². The van der Waals surface area contributed by atoms with Gasteiger partial charge in [-0.25, -0.2) is 0 Å². The summed E-state index contributed by atoms with van der Waals surface area (Å²) in [5.74, 6) is -1.40. The molecule has 1 aliphatic heterocycles. The van der Waals surface area contributed by atoms with Crippen LogP contribution in [-0.4, -0.2) is 28.6 Å². The third-order valence-corrected chi connectivity index (χ3v) is 5.91. The molecule has 1 fully saturated rings. The van der Waals surface area contributed by atoms with E-state index in [4.69, 9.17) is 0 Å². The molecule has 0 spiro atoms. The quantitative estimate of drug-likeness (QED) is 0.371. The molecule has 2 rings (SSSR count). The zero-order valence-corrected chi connectivity index (χ0v) is 18.6. The summed E-state index contributed by atoms with van der Waals surface area (Å²) in [6, 6.07) is 0.